The predicted octanol–water partition coefficient (Wildman–Crippen LogP) is 2.29. The van der Waals surface area contributed by atoms with Crippen LogP contribution in [0.4, 0.5) is 0 Å². The SMILES string of the molecule is C=C1NN=C(C)c2ccc(C)cc21. The quantitative estimate of drug-likeness (QED) is 0.638. The molecular weight excluding hydrogens is 160 g/mol. The molecule has 0 unspecified atom stereocenters. The van der Waals surface area contributed by atoms with Crippen molar-refractivity contribution in [1.29, 1.82) is 0 Å². The van der Waals surface area contributed by atoms with Gasteiger partial charge in [-0.15, -0.1) is 0 Å². The van der Waals surface area contributed by atoms with Gasteiger partial charge in [0.15, 0.2) is 0 Å². The van der Waals surface area contributed by atoms with E-state index in [9.17, 15) is 0 Å². The van der Waals surface area contributed by atoms with Crippen LogP contribution in [0.15, 0.2) is 29.9 Å². The fourth-order valence-electron chi connectivity index (χ4n) is 1.50. The first kappa shape index (κ1) is 8.05. The van der Waals surface area contributed by atoms with Crippen molar-refractivity contribution in [1.82, 2.24) is 5.43 Å². The van der Waals surface area contributed by atoms with Gasteiger partial charge in [-0.2, -0.15) is 5.10 Å². The zero-order valence-corrected chi connectivity index (χ0v) is 7.89. The number of nitrogens with one attached hydrogen (secondary N) is 1. The minimum absolute atomic E-state index is 0.879. The number of hydrogen-bond donors (Lipinski definition) is 1. The third-order valence-corrected chi connectivity index (χ3v) is 2.25. The number of fused-ring (bicyclic) bond motifs is 1. The molecule has 0 fully saturated rings. The molecule has 13 heavy (non-hydrogen) atoms. The van der Waals surface area contributed by atoms with Gasteiger partial charge in [0.1, 0.15) is 0 Å². The average molecular weight is 172 g/mol. The molecule has 1 aliphatic rings. The molecule has 1 aromatic carbocycles. The maximum absolute atomic E-state index is 4.15. The second-order valence-electron chi connectivity index (χ2n) is 3.34. The summed E-state index contributed by atoms with van der Waals surface area (Å²) >= 11 is 0. The molecule has 0 saturated heterocycles. The number of hydrogen-bond acceptors (Lipinski definition) is 2. The average Bonchev–Trinajstić information content (AvgIpc) is 2.12. The van der Waals surface area contributed by atoms with Gasteiger partial charge in [0.25, 0.3) is 0 Å². The predicted molar refractivity (Wildman–Crippen MR) is 55.6 cm³/mol. The molecule has 0 radical (unpaired) electrons. The highest BCUT2D eigenvalue weighted by atomic mass is 15.3. The van der Waals surface area contributed by atoms with Crippen LogP contribution < -0.4 is 5.43 Å². The molecule has 1 aromatic rings. The summed E-state index contributed by atoms with van der Waals surface area (Å²) in [7, 11) is 0. The lowest BCUT2D eigenvalue weighted by Gasteiger charge is -2.17. The Kier molecular flexibility index (Phi) is 1.69. The Morgan fingerprint density at radius 3 is 2.77 bits per heavy atom. The van der Waals surface area contributed by atoms with Crippen LogP contribution in [0, 0.1) is 6.92 Å². The molecular formula is C11H12N2. The largest absolute Gasteiger partial charge is 0.278 e. The van der Waals surface area contributed by atoms with Gasteiger partial charge in [-0.1, -0.05) is 24.3 Å². The first-order valence-electron chi connectivity index (χ1n) is 4.29. The summed E-state index contributed by atoms with van der Waals surface area (Å²) in [5.74, 6) is 0. The van der Waals surface area contributed by atoms with Crippen molar-refractivity contribution < 1.29 is 0 Å². The molecule has 0 aliphatic carbocycles. The van der Waals surface area contributed by atoms with Crippen LogP contribution in [-0.4, -0.2) is 5.71 Å². The first-order valence-corrected chi connectivity index (χ1v) is 4.29. The topological polar surface area (TPSA) is 24.4 Å². The Morgan fingerprint density at radius 2 is 2.00 bits per heavy atom. The zero-order chi connectivity index (χ0) is 9.42. The monoisotopic (exact) mass is 172 g/mol. The number of rotatable bonds is 0. The normalized spacial score (nSPS) is 14.6. The molecule has 2 heteroatoms. The van der Waals surface area contributed by atoms with Gasteiger partial charge < -0.3 is 0 Å². The van der Waals surface area contributed by atoms with Crippen LogP contribution in [0.25, 0.3) is 5.70 Å². The molecule has 66 valence electrons. The Hall–Kier alpha value is -1.57. The van der Waals surface area contributed by atoms with Crippen molar-refractivity contribution in [2.45, 2.75) is 13.8 Å². The molecule has 0 atom stereocenters. The van der Waals surface area contributed by atoms with Crippen LogP contribution in [0.5, 0.6) is 0 Å². The molecule has 2 nitrogen and oxygen atoms in total. The Morgan fingerprint density at radius 1 is 1.23 bits per heavy atom. The minimum Gasteiger partial charge on any atom is -0.278 e. The summed E-state index contributed by atoms with van der Waals surface area (Å²) < 4.78 is 0. The van der Waals surface area contributed by atoms with Gasteiger partial charge in [-0.3, -0.25) is 5.43 Å². The molecule has 0 aromatic heterocycles. The van der Waals surface area contributed by atoms with Crippen LogP contribution in [0.3, 0.4) is 0 Å². The third kappa shape index (κ3) is 1.24. The van der Waals surface area contributed by atoms with Crippen LogP contribution in [0.1, 0.15) is 23.6 Å². The molecule has 0 amide bonds. The number of aryl methyl sites for hydroxylation is 1. The van der Waals surface area contributed by atoms with Gasteiger partial charge in [0.2, 0.25) is 0 Å². The van der Waals surface area contributed by atoms with Gasteiger partial charge in [-0.05, 0) is 19.9 Å². The highest BCUT2D eigenvalue weighted by molar-refractivity contribution is 6.04. The van der Waals surface area contributed by atoms with Gasteiger partial charge in [0, 0.05) is 11.1 Å². The van der Waals surface area contributed by atoms with Crippen molar-refractivity contribution in [3.63, 3.8) is 0 Å². The Bertz CT molecular complexity index is 403. The molecule has 0 spiro atoms. The fraction of sp³-hybridized carbons (Fsp3) is 0.182. The summed E-state index contributed by atoms with van der Waals surface area (Å²) in [5.41, 5.74) is 8.39. The molecule has 0 saturated carbocycles. The number of nitrogens with zero attached hydrogens (tertiary/aromatic N) is 1. The Labute approximate surface area is 78.0 Å². The smallest absolute Gasteiger partial charge is 0.0655 e. The summed E-state index contributed by atoms with van der Waals surface area (Å²) in [6.07, 6.45) is 0. The van der Waals surface area contributed by atoms with Gasteiger partial charge >= 0.3 is 0 Å². The second-order valence-corrected chi connectivity index (χ2v) is 3.34. The summed E-state index contributed by atoms with van der Waals surface area (Å²) in [4.78, 5) is 0. The van der Waals surface area contributed by atoms with Crippen molar-refractivity contribution >= 4 is 11.4 Å². The van der Waals surface area contributed by atoms with E-state index in [1.807, 2.05) is 6.92 Å². The van der Waals surface area contributed by atoms with Crippen LogP contribution in [-0.2, 0) is 0 Å². The van der Waals surface area contributed by atoms with E-state index in [0.717, 1.165) is 17.0 Å². The highest BCUT2D eigenvalue weighted by Gasteiger charge is 2.12. The molecule has 1 aliphatic heterocycles. The van der Waals surface area contributed by atoms with Crippen LogP contribution >= 0.6 is 0 Å². The van der Waals surface area contributed by atoms with E-state index in [1.165, 1.54) is 11.1 Å². The molecule has 1 heterocycles. The van der Waals surface area contributed by atoms with E-state index >= 15 is 0 Å². The number of hydrazone groups is 1. The summed E-state index contributed by atoms with van der Waals surface area (Å²) in [6.45, 7) is 7.98. The van der Waals surface area contributed by atoms with E-state index in [2.05, 4.69) is 42.2 Å². The lowest BCUT2D eigenvalue weighted by Crippen LogP contribution is -2.16. The van der Waals surface area contributed by atoms with E-state index in [0.29, 0.717) is 0 Å². The molecule has 1 N–H and O–H groups in total. The van der Waals surface area contributed by atoms with Crippen LogP contribution in [0.2, 0.25) is 0 Å². The van der Waals surface area contributed by atoms with Gasteiger partial charge in [-0.25, -0.2) is 0 Å². The van der Waals surface area contributed by atoms with E-state index in [-0.39, 0.29) is 0 Å². The fourth-order valence-corrected chi connectivity index (χ4v) is 1.50. The zero-order valence-electron chi connectivity index (χ0n) is 7.89. The number of benzene rings is 1. The molecule has 2 rings (SSSR count). The van der Waals surface area contributed by atoms with E-state index in [1.54, 1.807) is 0 Å². The standard InChI is InChI=1S/C11H12N2/c1-7-4-5-10-8(2)12-13-9(3)11(10)6-7/h4-6,13H,3H2,1-2H3. The van der Waals surface area contributed by atoms with Crippen molar-refractivity contribution in [2.75, 3.05) is 0 Å². The van der Waals surface area contributed by atoms with Crippen molar-refractivity contribution in [3.8, 4) is 0 Å². The molecule has 0 bridgehead atoms. The van der Waals surface area contributed by atoms with E-state index in [4.69, 9.17) is 0 Å². The lowest BCUT2D eigenvalue weighted by atomic mass is 9.98. The Balaban J connectivity index is 2.66. The summed E-state index contributed by atoms with van der Waals surface area (Å²) in [6, 6.07) is 6.31. The lowest BCUT2D eigenvalue weighted by molar-refractivity contribution is 0.974. The van der Waals surface area contributed by atoms with E-state index < -0.39 is 0 Å². The highest BCUT2D eigenvalue weighted by Crippen LogP contribution is 2.21. The summed E-state index contributed by atoms with van der Waals surface area (Å²) in [5, 5.41) is 4.15. The third-order valence-electron chi connectivity index (χ3n) is 2.25. The minimum atomic E-state index is 0.879. The maximum Gasteiger partial charge on any atom is 0.0655 e. The second kappa shape index (κ2) is 2.73. The first-order chi connectivity index (χ1) is 6.18. The van der Waals surface area contributed by atoms with Crippen molar-refractivity contribution in [2.24, 2.45) is 5.10 Å². The van der Waals surface area contributed by atoms with Crippen molar-refractivity contribution in [3.05, 3.63) is 41.5 Å². The van der Waals surface area contributed by atoms with Gasteiger partial charge in [0.05, 0.1) is 11.4 Å². The maximum atomic E-state index is 4.15.